The van der Waals surface area contributed by atoms with Crippen LogP contribution in [-0.2, 0) is 0 Å². The normalized spacial score (nSPS) is 24.3. The molecule has 0 spiro atoms. The van der Waals surface area contributed by atoms with Gasteiger partial charge in [-0.3, -0.25) is 0 Å². The summed E-state index contributed by atoms with van der Waals surface area (Å²) in [5, 5.41) is 4.97. The maximum atomic E-state index is 6.20. The molecule has 1 fully saturated rings. The summed E-state index contributed by atoms with van der Waals surface area (Å²) in [6.07, 6.45) is 4.98. The molecule has 1 aromatic carbocycles. The van der Waals surface area contributed by atoms with Crippen LogP contribution < -0.4 is 10.1 Å². The van der Waals surface area contributed by atoms with Crippen LogP contribution in [0, 0.1) is 5.41 Å². The van der Waals surface area contributed by atoms with Gasteiger partial charge in [0.2, 0.25) is 0 Å². The lowest BCUT2D eigenvalue weighted by molar-refractivity contribution is 0.143. The molecule has 1 saturated carbocycles. The van der Waals surface area contributed by atoms with E-state index in [1.165, 1.54) is 19.3 Å². The molecule has 104 valence electrons. The molecule has 0 aromatic heterocycles. The fraction of sp³-hybridized carbons (Fsp3) is 0.600. The van der Waals surface area contributed by atoms with E-state index in [0.29, 0.717) is 28.1 Å². The van der Waals surface area contributed by atoms with Crippen molar-refractivity contribution in [3.63, 3.8) is 0 Å². The second-order valence-corrected chi connectivity index (χ2v) is 6.88. The summed E-state index contributed by atoms with van der Waals surface area (Å²) in [5.74, 6) is 0.800. The van der Waals surface area contributed by atoms with E-state index in [0.717, 1.165) is 24.3 Å². The first-order valence-electron chi connectivity index (χ1n) is 6.93. The van der Waals surface area contributed by atoms with Gasteiger partial charge in [-0.1, -0.05) is 36.5 Å². The summed E-state index contributed by atoms with van der Waals surface area (Å²) in [5.41, 5.74) is 1.58. The molecule has 2 nitrogen and oxygen atoms in total. The minimum absolute atomic E-state index is 0.303. The van der Waals surface area contributed by atoms with Crippen molar-refractivity contribution in [3.05, 3.63) is 27.7 Å². The van der Waals surface area contributed by atoms with Gasteiger partial charge in [0.05, 0.1) is 11.6 Å². The summed E-state index contributed by atoms with van der Waals surface area (Å²) in [4.78, 5) is 0. The number of nitrogens with one attached hydrogen (secondary N) is 1. The average molecular weight is 300 g/mol. The molecule has 1 aliphatic heterocycles. The van der Waals surface area contributed by atoms with E-state index in [2.05, 4.69) is 12.2 Å². The predicted octanol–water partition coefficient (Wildman–Crippen LogP) is 4.60. The number of hydrogen-bond acceptors (Lipinski definition) is 2. The third-order valence-electron chi connectivity index (χ3n) is 4.40. The van der Waals surface area contributed by atoms with Crippen LogP contribution in [0.25, 0.3) is 0 Å². The third kappa shape index (κ3) is 2.72. The van der Waals surface area contributed by atoms with Crippen LogP contribution in [0.15, 0.2) is 12.1 Å². The monoisotopic (exact) mass is 299 g/mol. The fourth-order valence-corrected chi connectivity index (χ4v) is 3.53. The first-order chi connectivity index (χ1) is 9.07. The Hall–Kier alpha value is -0.440. The van der Waals surface area contributed by atoms with Crippen molar-refractivity contribution in [1.82, 2.24) is 5.32 Å². The molecule has 0 saturated heterocycles. The summed E-state index contributed by atoms with van der Waals surface area (Å²) in [7, 11) is 0. The average Bonchev–Trinajstić information content (AvgIpc) is 2.34. The number of rotatable bonds is 3. The number of hydrogen-bond donors (Lipinski definition) is 1. The molecular formula is C15H19Cl2NO. The Bertz CT molecular complexity index is 485. The van der Waals surface area contributed by atoms with Gasteiger partial charge >= 0.3 is 0 Å². The second kappa shape index (κ2) is 5.16. The van der Waals surface area contributed by atoms with Crippen LogP contribution in [0.1, 0.15) is 44.2 Å². The van der Waals surface area contributed by atoms with Crippen LogP contribution in [0.3, 0.4) is 0 Å². The molecule has 1 N–H and O–H groups in total. The molecule has 1 aliphatic carbocycles. The van der Waals surface area contributed by atoms with Gasteiger partial charge in [-0.2, -0.15) is 0 Å². The van der Waals surface area contributed by atoms with E-state index in [1.54, 1.807) is 6.07 Å². The smallest absolute Gasteiger partial charge is 0.142 e. The molecule has 19 heavy (non-hydrogen) atoms. The van der Waals surface area contributed by atoms with E-state index >= 15 is 0 Å². The van der Waals surface area contributed by atoms with Crippen LogP contribution in [0.2, 0.25) is 10.0 Å². The summed E-state index contributed by atoms with van der Waals surface area (Å²) >= 11 is 12.3. The van der Waals surface area contributed by atoms with Crippen molar-refractivity contribution in [3.8, 4) is 5.75 Å². The Morgan fingerprint density at radius 2 is 2.16 bits per heavy atom. The number of halogens is 2. The summed E-state index contributed by atoms with van der Waals surface area (Å²) < 4.78 is 5.68. The van der Waals surface area contributed by atoms with Crippen molar-refractivity contribution in [2.75, 3.05) is 13.2 Å². The lowest BCUT2D eigenvalue weighted by Crippen LogP contribution is -2.40. The van der Waals surface area contributed by atoms with Crippen LogP contribution in [0.5, 0.6) is 5.75 Å². The molecule has 0 amide bonds. The quantitative estimate of drug-likeness (QED) is 0.881. The SMILES string of the molecule is CC1(CNC2CCOc3c(Cl)cc(Cl)cc32)CCC1. The molecule has 1 heterocycles. The maximum absolute atomic E-state index is 6.20. The van der Waals surface area contributed by atoms with Crippen LogP contribution in [0.4, 0.5) is 0 Å². The Morgan fingerprint density at radius 3 is 2.84 bits per heavy atom. The van der Waals surface area contributed by atoms with Crippen LogP contribution >= 0.6 is 23.2 Å². The summed E-state index contributed by atoms with van der Waals surface area (Å²) in [6.45, 7) is 4.12. The number of benzene rings is 1. The van der Waals surface area contributed by atoms with E-state index in [1.807, 2.05) is 6.07 Å². The zero-order valence-electron chi connectivity index (χ0n) is 11.1. The van der Waals surface area contributed by atoms with Gasteiger partial charge in [0.1, 0.15) is 5.75 Å². The molecule has 0 bridgehead atoms. The van der Waals surface area contributed by atoms with Gasteiger partial charge < -0.3 is 10.1 Å². The van der Waals surface area contributed by atoms with Gasteiger partial charge in [-0.15, -0.1) is 0 Å². The van der Waals surface area contributed by atoms with E-state index in [4.69, 9.17) is 27.9 Å². The first kappa shape index (κ1) is 13.5. The standard InChI is InChI=1S/C15H19Cl2NO/c1-15(4-2-5-15)9-18-13-3-6-19-14-11(13)7-10(16)8-12(14)17/h7-8,13,18H,2-6,9H2,1H3. The maximum Gasteiger partial charge on any atom is 0.142 e. The van der Waals surface area contributed by atoms with Gasteiger partial charge in [0.15, 0.2) is 0 Å². The molecule has 2 aliphatic rings. The van der Waals surface area contributed by atoms with Gasteiger partial charge in [-0.05, 0) is 30.4 Å². The second-order valence-electron chi connectivity index (χ2n) is 6.04. The van der Waals surface area contributed by atoms with E-state index < -0.39 is 0 Å². The topological polar surface area (TPSA) is 21.3 Å². The Labute approximate surface area is 124 Å². The van der Waals surface area contributed by atoms with Gasteiger partial charge in [0, 0.05) is 29.6 Å². The molecule has 1 atom stereocenters. The predicted molar refractivity (Wildman–Crippen MR) is 79.3 cm³/mol. The zero-order valence-corrected chi connectivity index (χ0v) is 12.7. The van der Waals surface area contributed by atoms with Crippen molar-refractivity contribution >= 4 is 23.2 Å². The fourth-order valence-electron chi connectivity index (χ4n) is 2.96. The molecule has 4 heteroatoms. The number of fused-ring (bicyclic) bond motifs is 1. The van der Waals surface area contributed by atoms with Crippen LogP contribution in [-0.4, -0.2) is 13.2 Å². The van der Waals surface area contributed by atoms with E-state index in [-0.39, 0.29) is 0 Å². The highest BCUT2D eigenvalue weighted by Crippen LogP contribution is 2.42. The lowest BCUT2D eigenvalue weighted by atomic mass is 9.70. The summed E-state index contributed by atoms with van der Waals surface area (Å²) in [6, 6.07) is 4.03. The minimum atomic E-state index is 0.303. The number of ether oxygens (including phenoxy) is 1. The van der Waals surface area contributed by atoms with Crippen molar-refractivity contribution in [1.29, 1.82) is 0 Å². The third-order valence-corrected chi connectivity index (χ3v) is 4.90. The Kier molecular flexibility index (Phi) is 3.67. The van der Waals surface area contributed by atoms with Crippen molar-refractivity contribution < 1.29 is 4.74 Å². The minimum Gasteiger partial charge on any atom is -0.492 e. The molecule has 1 aromatic rings. The van der Waals surface area contributed by atoms with Crippen molar-refractivity contribution in [2.24, 2.45) is 5.41 Å². The van der Waals surface area contributed by atoms with Gasteiger partial charge in [-0.25, -0.2) is 0 Å². The molecular weight excluding hydrogens is 281 g/mol. The highest BCUT2D eigenvalue weighted by atomic mass is 35.5. The van der Waals surface area contributed by atoms with E-state index in [9.17, 15) is 0 Å². The highest BCUT2D eigenvalue weighted by molar-refractivity contribution is 6.35. The molecule has 1 unspecified atom stereocenters. The lowest BCUT2D eigenvalue weighted by Gasteiger charge is -2.40. The first-order valence-corrected chi connectivity index (χ1v) is 7.68. The van der Waals surface area contributed by atoms with Gasteiger partial charge in [0.25, 0.3) is 0 Å². The Morgan fingerprint density at radius 1 is 1.37 bits per heavy atom. The largest absolute Gasteiger partial charge is 0.492 e. The Balaban J connectivity index is 1.78. The zero-order chi connectivity index (χ0) is 13.5. The molecule has 3 rings (SSSR count). The molecule has 0 radical (unpaired) electrons. The van der Waals surface area contributed by atoms with Crippen molar-refractivity contribution in [2.45, 2.75) is 38.6 Å². The highest BCUT2D eigenvalue weighted by Gasteiger charge is 2.33.